The van der Waals surface area contributed by atoms with Crippen molar-refractivity contribution in [1.82, 2.24) is 15.5 Å². The van der Waals surface area contributed by atoms with Crippen LogP contribution in [0.1, 0.15) is 13.8 Å². The molecule has 0 aromatic carbocycles. The first kappa shape index (κ1) is 16.1. The maximum absolute atomic E-state index is 11.2. The molecule has 0 fully saturated rings. The summed E-state index contributed by atoms with van der Waals surface area (Å²) in [4.78, 5) is 12.7. The molecule has 0 bridgehead atoms. The van der Waals surface area contributed by atoms with Crippen LogP contribution in [0.25, 0.3) is 0 Å². The van der Waals surface area contributed by atoms with Gasteiger partial charge in [-0.25, -0.2) is 4.79 Å². The summed E-state index contributed by atoms with van der Waals surface area (Å²) in [5.74, 6) is 0. The lowest BCUT2D eigenvalue weighted by Gasteiger charge is -2.17. The van der Waals surface area contributed by atoms with E-state index in [0.29, 0.717) is 32.8 Å². The summed E-state index contributed by atoms with van der Waals surface area (Å²) in [5, 5.41) is 5.93. The number of nitrogens with zero attached hydrogens (tertiary/aromatic N) is 1. The van der Waals surface area contributed by atoms with Crippen molar-refractivity contribution >= 4 is 6.03 Å². The first-order valence-corrected chi connectivity index (χ1v) is 6.00. The van der Waals surface area contributed by atoms with E-state index in [1.165, 1.54) is 4.90 Å². The standard InChI is InChI=1S/C11H25N3O3/c1-5-16-10(17-6-2)9-12-7-8-13-11(15)14(3)4/h10,12H,5-9H2,1-4H3,(H,13,15). The number of hydrogen-bond donors (Lipinski definition) is 2. The van der Waals surface area contributed by atoms with Crippen molar-refractivity contribution in [2.75, 3.05) is 46.9 Å². The molecule has 2 N–H and O–H groups in total. The van der Waals surface area contributed by atoms with Gasteiger partial charge < -0.3 is 25.0 Å². The van der Waals surface area contributed by atoms with Gasteiger partial charge in [0.15, 0.2) is 6.29 Å². The number of carbonyl (C=O) groups excluding carboxylic acids is 1. The van der Waals surface area contributed by atoms with E-state index in [9.17, 15) is 4.79 Å². The van der Waals surface area contributed by atoms with Crippen molar-refractivity contribution in [3.05, 3.63) is 0 Å². The zero-order chi connectivity index (χ0) is 13.1. The summed E-state index contributed by atoms with van der Waals surface area (Å²) in [7, 11) is 3.42. The van der Waals surface area contributed by atoms with Gasteiger partial charge in [-0.2, -0.15) is 0 Å². The van der Waals surface area contributed by atoms with Gasteiger partial charge in [0, 0.05) is 46.9 Å². The minimum Gasteiger partial charge on any atom is -0.352 e. The first-order valence-electron chi connectivity index (χ1n) is 6.00. The molecule has 6 heteroatoms. The monoisotopic (exact) mass is 247 g/mol. The normalized spacial score (nSPS) is 10.6. The van der Waals surface area contributed by atoms with Crippen LogP contribution in [-0.2, 0) is 9.47 Å². The Morgan fingerprint density at radius 1 is 1.18 bits per heavy atom. The molecule has 0 aromatic rings. The van der Waals surface area contributed by atoms with Gasteiger partial charge in [-0.3, -0.25) is 0 Å². The Labute approximate surface area is 104 Å². The van der Waals surface area contributed by atoms with Crippen LogP contribution in [0.3, 0.4) is 0 Å². The molecule has 17 heavy (non-hydrogen) atoms. The average Bonchev–Trinajstić information content (AvgIpc) is 2.28. The van der Waals surface area contributed by atoms with Crippen molar-refractivity contribution in [1.29, 1.82) is 0 Å². The molecule has 6 nitrogen and oxygen atoms in total. The summed E-state index contributed by atoms with van der Waals surface area (Å²) in [6.45, 7) is 7.03. The molecular weight excluding hydrogens is 222 g/mol. The number of hydrogen-bond acceptors (Lipinski definition) is 4. The highest BCUT2D eigenvalue weighted by molar-refractivity contribution is 5.73. The lowest BCUT2D eigenvalue weighted by atomic mass is 10.5. The zero-order valence-corrected chi connectivity index (χ0v) is 11.3. The molecule has 0 atom stereocenters. The minimum absolute atomic E-state index is 0.0852. The predicted molar refractivity (Wildman–Crippen MR) is 67.0 cm³/mol. The number of nitrogens with one attached hydrogen (secondary N) is 2. The van der Waals surface area contributed by atoms with Gasteiger partial charge in [0.05, 0.1) is 0 Å². The third kappa shape index (κ3) is 8.91. The number of amides is 2. The van der Waals surface area contributed by atoms with Gasteiger partial charge in [-0.05, 0) is 13.8 Å². The summed E-state index contributed by atoms with van der Waals surface area (Å²) >= 11 is 0. The smallest absolute Gasteiger partial charge is 0.316 e. The molecular formula is C11H25N3O3. The molecule has 0 spiro atoms. The minimum atomic E-state index is -0.213. The molecule has 0 aromatic heterocycles. The fraction of sp³-hybridized carbons (Fsp3) is 0.909. The maximum Gasteiger partial charge on any atom is 0.316 e. The summed E-state index contributed by atoms with van der Waals surface area (Å²) in [5.41, 5.74) is 0. The Hall–Kier alpha value is -0.850. The highest BCUT2D eigenvalue weighted by Crippen LogP contribution is 1.92. The number of urea groups is 1. The van der Waals surface area contributed by atoms with Gasteiger partial charge in [0.2, 0.25) is 0 Å². The largest absolute Gasteiger partial charge is 0.352 e. The van der Waals surface area contributed by atoms with Crippen molar-refractivity contribution in [3.8, 4) is 0 Å². The second-order valence-electron chi connectivity index (χ2n) is 3.67. The number of rotatable bonds is 9. The number of carbonyl (C=O) groups is 1. The van der Waals surface area contributed by atoms with E-state index in [4.69, 9.17) is 9.47 Å². The molecule has 0 saturated heterocycles. The third-order valence-electron chi connectivity index (χ3n) is 2.00. The summed E-state index contributed by atoms with van der Waals surface area (Å²) in [6.07, 6.45) is -0.213. The Balaban J connectivity index is 3.50. The molecule has 0 unspecified atom stereocenters. The molecule has 0 heterocycles. The summed E-state index contributed by atoms with van der Waals surface area (Å²) in [6, 6.07) is -0.0852. The van der Waals surface area contributed by atoms with Gasteiger partial charge in [0.1, 0.15) is 0 Å². The third-order valence-corrected chi connectivity index (χ3v) is 2.00. The van der Waals surface area contributed by atoms with Crippen LogP contribution in [0.4, 0.5) is 4.79 Å². The lowest BCUT2D eigenvalue weighted by molar-refractivity contribution is -0.132. The Morgan fingerprint density at radius 2 is 1.76 bits per heavy atom. The quantitative estimate of drug-likeness (QED) is 0.453. The van der Waals surface area contributed by atoms with Crippen LogP contribution in [0, 0.1) is 0 Å². The molecule has 2 amide bonds. The Kier molecular flexibility index (Phi) is 9.80. The fourth-order valence-electron chi connectivity index (χ4n) is 1.17. The van der Waals surface area contributed by atoms with E-state index < -0.39 is 0 Å². The van der Waals surface area contributed by atoms with Crippen LogP contribution >= 0.6 is 0 Å². The van der Waals surface area contributed by atoms with Crippen LogP contribution in [0.2, 0.25) is 0 Å². The van der Waals surface area contributed by atoms with E-state index in [-0.39, 0.29) is 12.3 Å². The van der Waals surface area contributed by atoms with E-state index in [1.807, 2.05) is 13.8 Å². The zero-order valence-electron chi connectivity index (χ0n) is 11.3. The van der Waals surface area contributed by atoms with Crippen LogP contribution in [0.5, 0.6) is 0 Å². The molecule has 0 aliphatic rings. The van der Waals surface area contributed by atoms with E-state index in [1.54, 1.807) is 14.1 Å². The van der Waals surface area contributed by atoms with Gasteiger partial charge >= 0.3 is 6.03 Å². The van der Waals surface area contributed by atoms with Gasteiger partial charge in [0.25, 0.3) is 0 Å². The van der Waals surface area contributed by atoms with Crippen LogP contribution < -0.4 is 10.6 Å². The summed E-state index contributed by atoms with van der Waals surface area (Å²) < 4.78 is 10.7. The second kappa shape index (κ2) is 10.3. The molecule has 0 saturated carbocycles. The molecule has 0 aliphatic heterocycles. The van der Waals surface area contributed by atoms with E-state index in [0.717, 1.165) is 0 Å². The van der Waals surface area contributed by atoms with E-state index in [2.05, 4.69) is 10.6 Å². The molecule has 0 rings (SSSR count). The van der Waals surface area contributed by atoms with Gasteiger partial charge in [-0.15, -0.1) is 0 Å². The highest BCUT2D eigenvalue weighted by Gasteiger charge is 2.06. The SMILES string of the molecule is CCOC(CNCCNC(=O)N(C)C)OCC. The lowest BCUT2D eigenvalue weighted by Crippen LogP contribution is -2.40. The molecule has 0 aliphatic carbocycles. The Morgan fingerprint density at radius 3 is 2.24 bits per heavy atom. The highest BCUT2D eigenvalue weighted by atomic mass is 16.7. The Bertz CT molecular complexity index is 194. The van der Waals surface area contributed by atoms with Gasteiger partial charge in [-0.1, -0.05) is 0 Å². The number of ether oxygens (including phenoxy) is 2. The van der Waals surface area contributed by atoms with Crippen molar-refractivity contribution in [2.24, 2.45) is 0 Å². The van der Waals surface area contributed by atoms with Crippen LogP contribution in [0.15, 0.2) is 0 Å². The second-order valence-corrected chi connectivity index (χ2v) is 3.67. The predicted octanol–water partition coefficient (Wildman–Crippen LogP) is 0.246. The van der Waals surface area contributed by atoms with E-state index >= 15 is 0 Å². The topological polar surface area (TPSA) is 62.8 Å². The van der Waals surface area contributed by atoms with Crippen molar-refractivity contribution in [3.63, 3.8) is 0 Å². The first-order chi connectivity index (χ1) is 8.11. The molecule has 102 valence electrons. The van der Waals surface area contributed by atoms with Crippen LogP contribution in [-0.4, -0.2) is 64.2 Å². The average molecular weight is 247 g/mol. The van der Waals surface area contributed by atoms with Crippen molar-refractivity contribution < 1.29 is 14.3 Å². The maximum atomic E-state index is 11.2. The molecule has 0 radical (unpaired) electrons. The fourth-order valence-corrected chi connectivity index (χ4v) is 1.17. The van der Waals surface area contributed by atoms with Crippen molar-refractivity contribution in [2.45, 2.75) is 20.1 Å².